The van der Waals surface area contributed by atoms with E-state index in [9.17, 15) is 5.11 Å². The molecule has 1 N–H and O–H groups in total. The number of hydrogen-bond acceptors (Lipinski definition) is 2. The van der Waals surface area contributed by atoms with Crippen LogP contribution in [0.1, 0.15) is 47.5 Å². The van der Waals surface area contributed by atoms with Crippen molar-refractivity contribution in [3.8, 4) is 0 Å². The Balaban J connectivity index is 3.35. The van der Waals surface area contributed by atoms with Gasteiger partial charge >= 0.3 is 0 Å². The van der Waals surface area contributed by atoms with E-state index in [2.05, 4.69) is 0 Å². The van der Waals surface area contributed by atoms with Crippen LogP contribution in [0.4, 0.5) is 0 Å². The van der Waals surface area contributed by atoms with E-state index in [1.165, 1.54) is 0 Å². The lowest BCUT2D eigenvalue weighted by atomic mass is 10.0. The van der Waals surface area contributed by atoms with Gasteiger partial charge in [-0.15, -0.1) is 0 Å². The zero-order valence-electron chi connectivity index (χ0n) is 8.98. The van der Waals surface area contributed by atoms with Gasteiger partial charge in [-0.3, -0.25) is 0 Å². The summed E-state index contributed by atoms with van der Waals surface area (Å²) in [5.74, 6) is 0. The minimum Gasteiger partial charge on any atom is -0.390 e. The molecule has 0 radical (unpaired) electrons. The van der Waals surface area contributed by atoms with Gasteiger partial charge in [0.2, 0.25) is 0 Å². The van der Waals surface area contributed by atoms with Crippen molar-refractivity contribution in [1.29, 1.82) is 0 Å². The molecule has 0 aliphatic rings. The van der Waals surface area contributed by atoms with Crippen LogP contribution in [0, 0.1) is 0 Å². The molecular formula is C10H22O2. The summed E-state index contributed by atoms with van der Waals surface area (Å²) in [7, 11) is 0. The number of rotatable bonds is 4. The average molecular weight is 174 g/mol. The van der Waals surface area contributed by atoms with Crippen LogP contribution in [0.25, 0.3) is 0 Å². The van der Waals surface area contributed by atoms with E-state index in [0.717, 1.165) is 19.4 Å². The molecule has 0 heterocycles. The minimum absolute atomic E-state index is 0.0560. The van der Waals surface area contributed by atoms with Crippen LogP contribution in [0.2, 0.25) is 0 Å². The van der Waals surface area contributed by atoms with Crippen molar-refractivity contribution in [3.63, 3.8) is 0 Å². The van der Waals surface area contributed by atoms with Crippen molar-refractivity contribution in [3.05, 3.63) is 0 Å². The van der Waals surface area contributed by atoms with Crippen molar-refractivity contribution >= 4 is 0 Å². The highest BCUT2D eigenvalue weighted by atomic mass is 16.5. The largest absolute Gasteiger partial charge is 0.390 e. The predicted molar refractivity (Wildman–Crippen MR) is 51.2 cm³/mol. The molecule has 74 valence electrons. The van der Waals surface area contributed by atoms with E-state index in [-0.39, 0.29) is 5.60 Å². The second-order valence-electron chi connectivity index (χ2n) is 4.88. The Kier molecular flexibility index (Phi) is 4.21. The maximum absolute atomic E-state index is 9.39. The second kappa shape index (κ2) is 4.24. The Morgan fingerprint density at radius 3 is 1.92 bits per heavy atom. The lowest BCUT2D eigenvalue weighted by Gasteiger charge is -2.21. The normalized spacial score (nSPS) is 13.5. The van der Waals surface area contributed by atoms with Crippen LogP contribution in [0.5, 0.6) is 0 Å². The fraction of sp³-hybridized carbons (Fsp3) is 1.00. The first-order valence-electron chi connectivity index (χ1n) is 4.57. The Morgan fingerprint density at radius 1 is 1.08 bits per heavy atom. The quantitative estimate of drug-likeness (QED) is 0.663. The summed E-state index contributed by atoms with van der Waals surface area (Å²) in [5, 5.41) is 9.39. The highest BCUT2D eigenvalue weighted by Gasteiger charge is 2.13. The fourth-order valence-corrected chi connectivity index (χ4v) is 0.883. The summed E-state index contributed by atoms with van der Waals surface area (Å²) in [6.07, 6.45) is 1.71. The van der Waals surface area contributed by atoms with Crippen LogP contribution in [0.3, 0.4) is 0 Å². The van der Waals surface area contributed by atoms with E-state index in [1.54, 1.807) is 0 Å². The van der Waals surface area contributed by atoms with Crippen molar-refractivity contribution in [2.24, 2.45) is 0 Å². The van der Waals surface area contributed by atoms with Gasteiger partial charge in [0, 0.05) is 6.61 Å². The number of aliphatic hydroxyl groups is 1. The molecule has 0 amide bonds. The third kappa shape index (κ3) is 9.92. The molecule has 0 aliphatic carbocycles. The van der Waals surface area contributed by atoms with E-state index in [1.807, 2.05) is 34.6 Å². The molecular weight excluding hydrogens is 152 g/mol. The Labute approximate surface area is 75.9 Å². The highest BCUT2D eigenvalue weighted by molar-refractivity contribution is 4.65. The summed E-state index contributed by atoms with van der Waals surface area (Å²) in [4.78, 5) is 0. The Morgan fingerprint density at radius 2 is 1.58 bits per heavy atom. The topological polar surface area (TPSA) is 29.5 Å². The van der Waals surface area contributed by atoms with E-state index in [4.69, 9.17) is 4.74 Å². The van der Waals surface area contributed by atoms with E-state index >= 15 is 0 Å². The maximum atomic E-state index is 9.39. The molecule has 2 nitrogen and oxygen atoms in total. The molecule has 0 saturated heterocycles. The second-order valence-corrected chi connectivity index (χ2v) is 4.88. The van der Waals surface area contributed by atoms with Gasteiger partial charge in [-0.1, -0.05) is 0 Å². The van der Waals surface area contributed by atoms with Gasteiger partial charge in [-0.25, -0.2) is 0 Å². The molecule has 2 heteroatoms. The maximum Gasteiger partial charge on any atom is 0.0598 e. The van der Waals surface area contributed by atoms with E-state index in [0.29, 0.717) is 0 Å². The predicted octanol–water partition coefficient (Wildman–Crippen LogP) is 2.35. The third-order valence-corrected chi connectivity index (χ3v) is 1.47. The monoisotopic (exact) mass is 174 g/mol. The first-order valence-corrected chi connectivity index (χ1v) is 4.57. The van der Waals surface area contributed by atoms with Gasteiger partial charge < -0.3 is 9.84 Å². The summed E-state index contributed by atoms with van der Waals surface area (Å²) in [6, 6.07) is 0. The van der Waals surface area contributed by atoms with Gasteiger partial charge in [0.05, 0.1) is 11.2 Å². The van der Waals surface area contributed by atoms with Crippen molar-refractivity contribution in [2.75, 3.05) is 6.61 Å². The standard InChI is InChI=1S/C10H22O2/c1-9(2,3)12-8-6-7-10(4,5)11/h11H,6-8H2,1-5H3. The lowest BCUT2D eigenvalue weighted by Crippen LogP contribution is -2.23. The number of ether oxygens (including phenoxy) is 1. The summed E-state index contributed by atoms with van der Waals surface area (Å²) >= 11 is 0. The average Bonchev–Trinajstić information content (AvgIpc) is 1.76. The van der Waals surface area contributed by atoms with Gasteiger partial charge in [0.25, 0.3) is 0 Å². The molecule has 0 aromatic rings. The zero-order chi connectivity index (χ0) is 9.83. The minimum atomic E-state index is -0.554. The van der Waals surface area contributed by atoms with Crippen LogP contribution >= 0.6 is 0 Å². The van der Waals surface area contributed by atoms with Gasteiger partial charge in [0.15, 0.2) is 0 Å². The first-order chi connectivity index (χ1) is 5.21. The Hall–Kier alpha value is -0.0800. The van der Waals surface area contributed by atoms with Crippen LogP contribution < -0.4 is 0 Å². The van der Waals surface area contributed by atoms with Crippen LogP contribution in [0.15, 0.2) is 0 Å². The fourth-order valence-electron chi connectivity index (χ4n) is 0.883. The molecule has 0 saturated carbocycles. The molecule has 0 bridgehead atoms. The van der Waals surface area contributed by atoms with E-state index < -0.39 is 5.60 Å². The molecule has 0 unspecified atom stereocenters. The lowest BCUT2D eigenvalue weighted by molar-refractivity contribution is -0.0155. The first kappa shape index (κ1) is 11.9. The summed E-state index contributed by atoms with van der Waals surface area (Å²) < 4.78 is 5.51. The molecule has 0 aromatic carbocycles. The molecule has 0 aromatic heterocycles. The molecule has 0 fully saturated rings. The molecule has 0 aliphatic heterocycles. The highest BCUT2D eigenvalue weighted by Crippen LogP contribution is 2.12. The molecule has 0 spiro atoms. The van der Waals surface area contributed by atoms with Crippen molar-refractivity contribution < 1.29 is 9.84 Å². The van der Waals surface area contributed by atoms with Gasteiger partial charge in [0.1, 0.15) is 0 Å². The summed E-state index contributed by atoms with van der Waals surface area (Å²) in [5.41, 5.74) is -0.610. The summed E-state index contributed by atoms with van der Waals surface area (Å²) in [6.45, 7) is 10.5. The van der Waals surface area contributed by atoms with Crippen LogP contribution in [-0.4, -0.2) is 22.9 Å². The van der Waals surface area contributed by atoms with Crippen molar-refractivity contribution in [1.82, 2.24) is 0 Å². The third-order valence-electron chi connectivity index (χ3n) is 1.47. The zero-order valence-corrected chi connectivity index (χ0v) is 8.98. The van der Waals surface area contributed by atoms with Crippen LogP contribution in [-0.2, 0) is 4.74 Å². The Bertz CT molecular complexity index is 101. The van der Waals surface area contributed by atoms with Gasteiger partial charge in [-0.05, 0) is 47.5 Å². The SMILES string of the molecule is CC(C)(O)CCCOC(C)(C)C. The number of hydrogen-bond donors (Lipinski definition) is 1. The van der Waals surface area contributed by atoms with Crippen molar-refractivity contribution in [2.45, 2.75) is 58.7 Å². The molecule has 0 atom stereocenters. The molecule has 0 rings (SSSR count). The molecule has 12 heavy (non-hydrogen) atoms. The smallest absolute Gasteiger partial charge is 0.0598 e. The van der Waals surface area contributed by atoms with Gasteiger partial charge in [-0.2, -0.15) is 0 Å².